The molecular formula is C74H80F8N8O4S2. The summed E-state index contributed by atoms with van der Waals surface area (Å²) in [6.45, 7) is -6.42. The largest absolute Gasteiger partial charge is 0.416 e. The second-order valence-electron chi connectivity index (χ2n) is 21.9. The molecule has 1 atom stereocenters. The van der Waals surface area contributed by atoms with E-state index in [0.29, 0.717) is 62.6 Å². The fourth-order valence-corrected chi connectivity index (χ4v) is 11.9. The molecule has 2 aliphatic carbocycles. The monoisotopic (exact) mass is 1380 g/mol. The van der Waals surface area contributed by atoms with Crippen LogP contribution in [0.2, 0.25) is 0 Å². The number of likely N-dealkylation sites (N-methyl/N-ethyl adjacent to an activating group) is 2. The minimum absolute atomic E-state index is 0.00549. The van der Waals surface area contributed by atoms with E-state index in [1.165, 1.54) is 89.2 Å². The molecule has 8 aromatic rings. The van der Waals surface area contributed by atoms with Gasteiger partial charge in [-0.05, 0) is 170 Å². The number of thioether (sulfide) groups is 2. The first kappa shape index (κ1) is 49.6. The molecule has 2 aromatic heterocycles. The number of fused-ring (bicyclic) bond motifs is 2. The van der Waals surface area contributed by atoms with Gasteiger partial charge in [-0.15, -0.1) is 0 Å². The highest BCUT2D eigenvalue weighted by atomic mass is 32.2. The van der Waals surface area contributed by atoms with Crippen LogP contribution in [-0.2, 0) is 85.2 Å². The molecule has 2 amide bonds. The first-order chi connectivity index (χ1) is 53.7. The summed E-state index contributed by atoms with van der Waals surface area (Å²) in [5.41, 5.74) is -4.62. The van der Waals surface area contributed by atoms with Crippen molar-refractivity contribution in [3.05, 3.63) is 233 Å². The number of rotatable bonds is 26. The second-order valence-corrected chi connectivity index (χ2v) is 23.8. The van der Waals surface area contributed by atoms with Crippen LogP contribution in [0.3, 0.4) is 0 Å². The molecule has 96 heavy (non-hydrogen) atoms. The number of carbonyl (C=O) groups is 2. The molecule has 6 aromatic carbocycles. The molecule has 0 spiro atoms. The molecule has 0 saturated heterocycles. The maximum Gasteiger partial charge on any atom is 0.416 e. The van der Waals surface area contributed by atoms with Crippen molar-refractivity contribution in [3.8, 4) is 22.3 Å². The Morgan fingerprint density at radius 1 is 0.573 bits per heavy atom. The second kappa shape index (κ2) is 32.9. The first-order valence-corrected chi connectivity index (χ1v) is 32.4. The van der Waals surface area contributed by atoms with Gasteiger partial charge in [0.1, 0.15) is 24.7 Å². The third-order valence-corrected chi connectivity index (χ3v) is 17.4. The van der Waals surface area contributed by atoms with E-state index < -0.39 is 194 Å². The Morgan fingerprint density at radius 3 is 1.53 bits per heavy atom. The van der Waals surface area contributed by atoms with Crippen LogP contribution in [0.5, 0.6) is 0 Å². The third-order valence-electron chi connectivity index (χ3n) is 15.4. The zero-order valence-electron chi connectivity index (χ0n) is 73.0. The molecule has 22 heteroatoms. The van der Waals surface area contributed by atoms with Gasteiger partial charge < -0.3 is 28.7 Å². The molecule has 2 heterocycles. The maximum absolute atomic E-state index is 14.7. The lowest BCUT2D eigenvalue weighted by molar-refractivity contribution is -0.138. The van der Waals surface area contributed by atoms with Crippen LogP contribution in [-0.4, -0.2) is 103 Å². The van der Waals surface area contributed by atoms with Gasteiger partial charge in [-0.1, -0.05) is 149 Å². The van der Waals surface area contributed by atoms with Crippen LogP contribution in [0.4, 0.5) is 35.1 Å². The van der Waals surface area contributed by atoms with E-state index >= 15 is 0 Å². The quantitative estimate of drug-likeness (QED) is 0.0295. The number of amides is 2. The van der Waals surface area contributed by atoms with Gasteiger partial charge in [-0.25, -0.2) is 8.78 Å². The van der Waals surface area contributed by atoms with Crippen molar-refractivity contribution in [3.63, 3.8) is 0 Å². The molecule has 0 N–H and O–H groups in total. The van der Waals surface area contributed by atoms with Gasteiger partial charge in [-0.2, -0.15) is 36.3 Å². The van der Waals surface area contributed by atoms with Crippen molar-refractivity contribution in [1.29, 1.82) is 0 Å². The van der Waals surface area contributed by atoms with Crippen molar-refractivity contribution >= 4 is 35.3 Å². The Morgan fingerprint density at radius 2 is 1.03 bits per heavy atom. The summed E-state index contributed by atoms with van der Waals surface area (Å²) in [7, 11) is 0. The Kier molecular flexibility index (Phi) is 17.0. The molecule has 12 nitrogen and oxygen atoms in total. The maximum atomic E-state index is 14.7. The van der Waals surface area contributed by atoms with Crippen LogP contribution < -0.4 is 11.1 Å². The average Bonchev–Trinajstić information content (AvgIpc) is 1.52. The van der Waals surface area contributed by atoms with E-state index in [1.807, 2.05) is 0 Å². The molecule has 0 saturated carbocycles. The van der Waals surface area contributed by atoms with Gasteiger partial charge in [0.2, 0.25) is 11.8 Å². The molecule has 508 valence electrons. The number of benzene rings is 6. The van der Waals surface area contributed by atoms with Gasteiger partial charge in [0, 0.05) is 85.4 Å². The predicted molar refractivity (Wildman–Crippen MR) is 362 cm³/mol. The lowest BCUT2D eigenvalue weighted by Gasteiger charge is -2.28. The highest BCUT2D eigenvalue weighted by Gasteiger charge is 2.33. The van der Waals surface area contributed by atoms with Crippen LogP contribution in [0, 0.1) is 24.5 Å². The fraction of sp³-hybridized carbons (Fsp3) is 0.378. The highest BCUT2D eigenvalue weighted by Crippen LogP contribution is 2.35. The number of carbonyl (C=O) groups excluding carboxylic acids is 2. The smallest absolute Gasteiger partial charge is 0.336 e. The number of alkyl halides is 6. The molecule has 2 aliphatic rings. The number of halogens is 8. The lowest BCUT2D eigenvalue weighted by atomic mass is 9.98. The summed E-state index contributed by atoms with van der Waals surface area (Å²) in [5.74, 6) is -5.51. The van der Waals surface area contributed by atoms with Gasteiger partial charge in [0.05, 0.1) is 26.2 Å². The van der Waals surface area contributed by atoms with E-state index in [-0.39, 0.29) is 64.7 Å². The number of hydrogen-bond donors (Lipinski definition) is 0. The van der Waals surface area contributed by atoms with Gasteiger partial charge in [0.25, 0.3) is 11.1 Å². The van der Waals surface area contributed by atoms with E-state index in [1.54, 1.807) is 39.8 Å². The molecular weight excluding hydrogens is 1280 g/mol. The van der Waals surface area contributed by atoms with E-state index in [9.17, 15) is 57.0 Å². The molecule has 0 bridgehead atoms. The lowest BCUT2D eigenvalue weighted by Crippen LogP contribution is -2.40. The molecule has 1 unspecified atom stereocenters. The van der Waals surface area contributed by atoms with E-state index in [0.717, 1.165) is 52.0 Å². The number of hydrogen-bond acceptors (Lipinski definition) is 10. The molecule has 0 fully saturated rings. The summed E-state index contributed by atoms with van der Waals surface area (Å²) in [5, 5.41) is -0.192. The molecule has 0 aliphatic heterocycles. The van der Waals surface area contributed by atoms with Crippen molar-refractivity contribution in [2.45, 2.75) is 134 Å². The standard InChI is InChI=1S/2C37H40F4N4O2S/c1-4-43(5-2)18-19-44(22-26-6-10-28(11-7-26)29-12-14-30(15-13-29)37(39,40)41)34(46)23-45-33-21-25(3)20-32(33)35(47)42-36(45)48-24-27-8-16-31(38)17-9-27;1-4-43(5-2)19-20-44(22-29-12-11-28(21-25(29)3)27-13-15-30(16-14-27)37(39,40)41)34(46)23-45-33-8-6-7-32(33)35(47)42-36(45)48-24-26-9-17-31(38)18-10-26/h6-17,25H,4-5,18-24H2,1-3H3;9-18,21H,4-8,19-20,22-24H2,1-3H3/i18D2,19D2,20D2,21D2,25D;11D,12D,13D,14D,15D,16D,19D2,20D2,21D. The average molecular weight is 1380 g/mol. The molecule has 10 rings (SSSR count). The first-order valence-electron chi connectivity index (χ1n) is 40.4. The summed E-state index contributed by atoms with van der Waals surface area (Å²) >= 11 is 1.91. The zero-order valence-corrected chi connectivity index (χ0v) is 54.6. The fourth-order valence-electron chi connectivity index (χ4n) is 9.98. The Bertz CT molecular complexity index is 5100. The van der Waals surface area contributed by atoms with Gasteiger partial charge in [-0.3, -0.25) is 19.2 Å². The van der Waals surface area contributed by atoms with Crippen LogP contribution in [0.15, 0.2) is 159 Å². The Labute approximate surface area is 591 Å². The summed E-state index contributed by atoms with van der Waals surface area (Å²) < 4.78 is 286. The highest BCUT2D eigenvalue weighted by molar-refractivity contribution is 7.98. The van der Waals surface area contributed by atoms with Crippen LogP contribution in [0.25, 0.3) is 22.3 Å². The van der Waals surface area contributed by atoms with E-state index in [2.05, 4.69) is 9.97 Å². The van der Waals surface area contributed by atoms with Gasteiger partial charge in [0.15, 0.2) is 10.3 Å². The van der Waals surface area contributed by atoms with Gasteiger partial charge >= 0.3 is 12.4 Å². The van der Waals surface area contributed by atoms with Crippen molar-refractivity contribution in [1.82, 2.24) is 38.7 Å². The number of nitrogens with zero attached hydrogens (tertiary/aromatic N) is 8. The van der Waals surface area contributed by atoms with Crippen LogP contribution in [0.1, 0.15) is 130 Å². The summed E-state index contributed by atoms with van der Waals surface area (Å²) in [6.07, 6.45) is -14.3. The summed E-state index contributed by atoms with van der Waals surface area (Å²) in [4.78, 5) is 67.6. The SMILES string of the molecule is [2H]C1([2H])c2c(n(CC(=O)N(Cc3ccc(-c4ccc(C(F)(F)F)cc4)cc3)C([2H])([2H])C([2H])([2H])N(CC)CC)c(SCc3ccc(F)cc3)nc2=O)C([2H])([2H])C1([2H])C.[2H]c1c([2H])c(-c2c([2H])c([2H])c(C(F)(F)F)c([2H])c2[2H])c([2H])c(C)c1CN(C(=O)Cn1c(SCc2ccc(F)cc2)nc(=O)c2c1CCC2)C([2H])([2H])C([2H])([2H])N(CC)CC. The third kappa shape index (κ3) is 19.0. The van der Waals surface area contributed by atoms with Crippen molar-refractivity contribution in [2.75, 3.05) is 52.2 Å². The number of aromatic nitrogens is 4. The minimum Gasteiger partial charge on any atom is -0.336 e. The minimum atomic E-state index is -5.27. The topological polar surface area (TPSA) is 117 Å². The Balaban J connectivity index is 0.000000265. The van der Waals surface area contributed by atoms with Crippen molar-refractivity contribution in [2.24, 2.45) is 5.89 Å². The van der Waals surface area contributed by atoms with E-state index in [4.69, 9.17) is 24.7 Å². The zero-order chi connectivity index (χ0) is 86.6. The molecule has 0 radical (unpaired) electrons. The van der Waals surface area contributed by atoms with Crippen LogP contribution >= 0.6 is 23.5 Å². The Hall–Kier alpha value is -7.92. The normalized spacial score (nSPS) is 19.0. The van der Waals surface area contributed by atoms with Crippen molar-refractivity contribution < 1.29 is 72.1 Å². The summed E-state index contributed by atoms with van der Waals surface area (Å²) in [6, 6.07) is 13.6. The predicted octanol–water partition coefficient (Wildman–Crippen LogP) is 15.0.